The minimum atomic E-state index is -0.607. The molecule has 0 atom stereocenters. The van der Waals surface area contributed by atoms with Crippen molar-refractivity contribution in [3.63, 3.8) is 0 Å². The number of rotatable bonds is 4. The number of aromatic nitrogens is 2. The molecule has 0 unspecified atom stereocenters. The lowest BCUT2D eigenvalue weighted by Crippen LogP contribution is -2.34. The van der Waals surface area contributed by atoms with Gasteiger partial charge in [-0.25, -0.2) is 0 Å². The first-order valence-corrected chi connectivity index (χ1v) is 4.85. The van der Waals surface area contributed by atoms with E-state index in [4.69, 9.17) is 11.5 Å². The van der Waals surface area contributed by atoms with Gasteiger partial charge in [0.25, 0.3) is 5.91 Å². The summed E-state index contributed by atoms with van der Waals surface area (Å²) in [6, 6.07) is 0. The van der Waals surface area contributed by atoms with Gasteiger partial charge in [-0.3, -0.25) is 14.3 Å². The van der Waals surface area contributed by atoms with E-state index in [2.05, 4.69) is 10.4 Å². The van der Waals surface area contributed by atoms with Crippen LogP contribution in [0, 0.1) is 0 Å². The summed E-state index contributed by atoms with van der Waals surface area (Å²) in [6.07, 6.45) is 0.642. The van der Waals surface area contributed by atoms with Crippen LogP contribution in [0.5, 0.6) is 0 Å². The summed E-state index contributed by atoms with van der Waals surface area (Å²) in [7, 11) is 1.62. The molecule has 7 nitrogen and oxygen atoms in total. The summed E-state index contributed by atoms with van der Waals surface area (Å²) < 4.78 is 1.39. The molecule has 0 fully saturated rings. The normalized spacial score (nSPS) is 10.1. The first-order chi connectivity index (χ1) is 7.47. The minimum Gasteiger partial charge on any atom is -0.395 e. The monoisotopic (exact) mass is 225 g/mol. The third-order valence-electron chi connectivity index (χ3n) is 2.13. The van der Waals surface area contributed by atoms with Gasteiger partial charge in [0, 0.05) is 7.05 Å². The van der Waals surface area contributed by atoms with Crippen LogP contribution in [0.25, 0.3) is 0 Å². The molecule has 0 bridgehead atoms. The number of anilines is 1. The van der Waals surface area contributed by atoms with Crippen molar-refractivity contribution < 1.29 is 9.59 Å². The van der Waals surface area contributed by atoms with E-state index in [1.54, 1.807) is 7.05 Å². The Kier molecular flexibility index (Phi) is 3.49. The Morgan fingerprint density at radius 1 is 1.50 bits per heavy atom. The second kappa shape index (κ2) is 4.65. The Bertz CT molecular complexity index is 424. The fourth-order valence-corrected chi connectivity index (χ4v) is 1.38. The zero-order chi connectivity index (χ0) is 12.3. The van der Waals surface area contributed by atoms with Crippen molar-refractivity contribution >= 4 is 17.5 Å². The zero-order valence-electron chi connectivity index (χ0n) is 9.28. The van der Waals surface area contributed by atoms with Crippen molar-refractivity contribution in [2.45, 2.75) is 13.3 Å². The molecule has 7 heteroatoms. The van der Waals surface area contributed by atoms with Gasteiger partial charge in [-0.15, -0.1) is 0 Å². The molecule has 0 aromatic carbocycles. The van der Waals surface area contributed by atoms with E-state index in [-0.39, 0.29) is 12.2 Å². The SMILES string of the molecule is CCc1nn(C)c(C(=O)NCC(N)=O)c1N. The van der Waals surface area contributed by atoms with Gasteiger partial charge >= 0.3 is 0 Å². The number of aryl methyl sites for hydroxylation is 2. The summed E-state index contributed by atoms with van der Waals surface area (Å²) in [6.45, 7) is 1.68. The number of carbonyl (C=O) groups excluding carboxylic acids is 2. The number of hydrogen-bond donors (Lipinski definition) is 3. The summed E-state index contributed by atoms with van der Waals surface area (Å²) in [5.41, 5.74) is 11.9. The third-order valence-corrected chi connectivity index (χ3v) is 2.13. The fourth-order valence-electron chi connectivity index (χ4n) is 1.38. The van der Waals surface area contributed by atoms with Crippen LogP contribution in [-0.4, -0.2) is 28.1 Å². The van der Waals surface area contributed by atoms with Crippen molar-refractivity contribution in [1.82, 2.24) is 15.1 Å². The molecule has 1 heterocycles. The van der Waals surface area contributed by atoms with Gasteiger partial charge in [-0.1, -0.05) is 6.92 Å². The molecular weight excluding hydrogens is 210 g/mol. The average Bonchev–Trinajstić information content (AvgIpc) is 2.50. The number of nitrogen functional groups attached to an aromatic ring is 1. The van der Waals surface area contributed by atoms with Gasteiger partial charge in [-0.05, 0) is 6.42 Å². The van der Waals surface area contributed by atoms with Crippen LogP contribution in [0.15, 0.2) is 0 Å². The minimum absolute atomic E-state index is 0.217. The predicted octanol–water partition coefficient (Wildman–Crippen LogP) is -1.22. The van der Waals surface area contributed by atoms with E-state index in [1.165, 1.54) is 4.68 Å². The second-order valence-corrected chi connectivity index (χ2v) is 3.34. The highest BCUT2D eigenvalue weighted by Crippen LogP contribution is 2.16. The summed E-state index contributed by atoms with van der Waals surface area (Å²) >= 11 is 0. The van der Waals surface area contributed by atoms with Gasteiger partial charge in [0.1, 0.15) is 5.69 Å². The maximum absolute atomic E-state index is 11.7. The van der Waals surface area contributed by atoms with E-state index in [0.717, 1.165) is 0 Å². The topological polar surface area (TPSA) is 116 Å². The Hall–Kier alpha value is -2.05. The fraction of sp³-hybridized carbons (Fsp3) is 0.444. The van der Waals surface area contributed by atoms with Crippen LogP contribution in [0.4, 0.5) is 5.69 Å². The van der Waals surface area contributed by atoms with E-state index >= 15 is 0 Å². The third kappa shape index (κ3) is 2.30. The Labute approximate surface area is 92.8 Å². The van der Waals surface area contributed by atoms with Crippen LogP contribution >= 0.6 is 0 Å². The van der Waals surface area contributed by atoms with Crippen LogP contribution < -0.4 is 16.8 Å². The van der Waals surface area contributed by atoms with E-state index in [0.29, 0.717) is 17.8 Å². The number of primary amides is 1. The van der Waals surface area contributed by atoms with Crippen LogP contribution in [0.2, 0.25) is 0 Å². The molecule has 0 aliphatic heterocycles. The first kappa shape index (κ1) is 12.0. The Morgan fingerprint density at radius 3 is 2.56 bits per heavy atom. The quantitative estimate of drug-likeness (QED) is 0.595. The smallest absolute Gasteiger partial charge is 0.272 e. The highest BCUT2D eigenvalue weighted by atomic mass is 16.2. The molecule has 5 N–H and O–H groups in total. The van der Waals surface area contributed by atoms with Crippen molar-refractivity contribution in [3.05, 3.63) is 11.4 Å². The van der Waals surface area contributed by atoms with Crippen molar-refractivity contribution in [2.24, 2.45) is 12.8 Å². The predicted molar refractivity (Wildman–Crippen MR) is 58.5 cm³/mol. The summed E-state index contributed by atoms with van der Waals surface area (Å²) in [5.74, 6) is -1.06. The molecular formula is C9H15N5O2. The van der Waals surface area contributed by atoms with E-state index < -0.39 is 11.8 Å². The van der Waals surface area contributed by atoms with Gasteiger partial charge in [0.2, 0.25) is 5.91 Å². The highest BCUT2D eigenvalue weighted by molar-refractivity contribution is 5.99. The Morgan fingerprint density at radius 2 is 2.12 bits per heavy atom. The van der Waals surface area contributed by atoms with Crippen LogP contribution in [0.3, 0.4) is 0 Å². The van der Waals surface area contributed by atoms with E-state index in [9.17, 15) is 9.59 Å². The van der Waals surface area contributed by atoms with Crippen molar-refractivity contribution in [3.8, 4) is 0 Å². The lowest BCUT2D eigenvalue weighted by molar-refractivity contribution is -0.117. The Balaban J connectivity index is 2.90. The molecule has 1 aromatic rings. The summed E-state index contributed by atoms with van der Waals surface area (Å²) in [5, 5.41) is 6.45. The molecule has 0 saturated carbocycles. The maximum atomic E-state index is 11.7. The number of hydrogen-bond acceptors (Lipinski definition) is 4. The zero-order valence-corrected chi connectivity index (χ0v) is 9.28. The maximum Gasteiger partial charge on any atom is 0.272 e. The standard InChI is InChI=1S/C9H15N5O2/c1-3-5-7(11)8(14(2)13-5)9(16)12-4-6(10)15/h3-4,11H2,1-2H3,(H2,10,15)(H,12,16). The molecule has 1 rings (SSSR count). The molecule has 1 aromatic heterocycles. The van der Waals surface area contributed by atoms with Crippen molar-refractivity contribution in [2.75, 3.05) is 12.3 Å². The largest absolute Gasteiger partial charge is 0.395 e. The molecule has 0 aliphatic rings. The molecule has 2 amide bonds. The van der Waals surface area contributed by atoms with Gasteiger partial charge in [0.05, 0.1) is 17.9 Å². The number of nitrogens with zero attached hydrogens (tertiary/aromatic N) is 2. The summed E-state index contributed by atoms with van der Waals surface area (Å²) in [4.78, 5) is 22.2. The van der Waals surface area contributed by atoms with Crippen LogP contribution in [-0.2, 0) is 18.3 Å². The molecule has 88 valence electrons. The van der Waals surface area contributed by atoms with Gasteiger partial charge < -0.3 is 16.8 Å². The highest BCUT2D eigenvalue weighted by Gasteiger charge is 2.18. The van der Waals surface area contributed by atoms with Gasteiger partial charge in [0.15, 0.2) is 0 Å². The average molecular weight is 225 g/mol. The number of amides is 2. The van der Waals surface area contributed by atoms with E-state index in [1.807, 2.05) is 6.92 Å². The van der Waals surface area contributed by atoms with Gasteiger partial charge in [-0.2, -0.15) is 5.10 Å². The van der Waals surface area contributed by atoms with Crippen LogP contribution in [0.1, 0.15) is 23.1 Å². The second-order valence-electron chi connectivity index (χ2n) is 3.34. The molecule has 0 radical (unpaired) electrons. The molecule has 0 spiro atoms. The first-order valence-electron chi connectivity index (χ1n) is 4.85. The molecule has 16 heavy (non-hydrogen) atoms. The number of carbonyl (C=O) groups is 2. The number of nitrogens with one attached hydrogen (secondary N) is 1. The number of nitrogens with two attached hydrogens (primary N) is 2. The molecule has 0 aliphatic carbocycles. The lowest BCUT2D eigenvalue weighted by Gasteiger charge is -2.03. The van der Waals surface area contributed by atoms with Crippen molar-refractivity contribution in [1.29, 1.82) is 0 Å². The lowest BCUT2D eigenvalue weighted by atomic mass is 10.2. The molecule has 0 saturated heterocycles.